The van der Waals surface area contributed by atoms with Gasteiger partial charge in [0.1, 0.15) is 12.4 Å². The van der Waals surface area contributed by atoms with Crippen molar-refractivity contribution in [3.05, 3.63) is 45.7 Å². The minimum absolute atomic E-state index is 0.237. The predicted molar refractivity (Wildman–Crippen MR) is 110 cm³/mol. The Hall–Kier alpha value is -3.03. The molecule has 0 unspecified atom stereocenters. The lowest BCUT2D eigenvalue weighted by Gasteiger charge is -2.11. The number of allylic oxidation sites excluding steroid dienone is 3. The molecule has 0 spiro atoms. The Morgan fingerprint density at radius 2 is 2.07 bits per heavy atom. The van der Waals surface area contributed by atoms with Gasteiger partial charge < -0.3 is 11.1 Å². The van der Waals surface area contributed by atoms with Crippen molar-refractivity contribution in [3.63, 3.8) is 0 Å². The molecule has 1 rings (SSSR count). The second-order valence-electron chi connectivity index (χ2n) is 5.57. The van der Waals surface area contributed by atoms with E-state index in [1.54, 1.807) is 18.4 Å². The van der Waals surface area contributed by atoms with Crippen LogP contribution in [-0.2, 0) is 17.8 Å². The average Bonchev–Trinajstić information content (AvgIpc) is 2.64. The van der Waals surface area contributed by atoms with Crippen molar-refractivity contribution in [3.8, 4) is 0 Å². The number of carbonyl (C=O) groups excluding carboxylic acids is 1. The molecule has 0 atom stereocenters. The topological polar surface area (TPSA) is 115 Å². The average molecular weight is 372 g/mol. The van der Waals surface area contributed by atoms with Gasteiger partial charge in [-0.1, -0.05) is 19.9 Å². The molecule has 0 aromatic carbocycles. The standard InChI is InChI=1S/C19H28N6O2/c1-5-9-11-22-16(10-6-2)23-17(26)13-25-19(27)14(12-21-8-4)18(20)15(7-3)24-25/h5,9-12H,6-8,13,20H2,1-4H3,(H,23,26)/b9-5-,16-10-,21-12?,22-11+. The highest BCUT2D eigenvalue weighted by Gasteiger charge is 2.15. The number of hydrogen-bond donors (Lipinski definition) is 2. The van der Waals surface area contributed by atoms with E-state index in [0.29, 0.717) is 36.6 Å². The van der Waals surface area contributed by atoms with Crippen LogP contribution in [0.1, 0.15) is 45.4 Å². The van der Waals surface area contributed by atoms with Crippen molar-refractivity contribution in [2.45, 2.75) is 47.1 Å². The summed E-state index contributed by atoms with van der Waals surface area (Å²) in [6, 6.07) is 0. The lowest BCUT2D eigenvalue weighted by Crippen LogP contribution is -2.36. The van der Waals surface area contributed by atoms with Crippen LogP contribution in [0.2, 0.25) is 0 Å². The van der Waals surface area contributed by atoms with Crippen LogP contribution in [0.5, 0.6) is 0 Å². The van der Waals surface area contributed by atoms with Gasteiger partial charge in [-0.2, -0.15) is 5.10 Å². The number of aliphatic imine (C=N–C) groups is 2. The summed E-state index contributed by atoms with van der Waals surface area (Å²) >= 11 is 0. The van der Waals surface area contributed by atoms with E-state index < -0.39 is 11.5 Å². The summed E-state index contributed by atoms with van der Waals surface area (Å²) in [5.41, 5.74) is 6.68. The predicted octanol–water partition coefficient (Wildman–Crippen LogP) is 1.84. The highest BCUT2D eigenvalue weighted by Crippen LogP contribution is 2.10. The third-order valence-electron chi connectivity index (χ3n) is 3.50. The Bertz CT molecular complexity index is 818. The van der Waals surface area contributed by atoms with Gasteiger partial charge in [0, 0.05) is 19.0 Å². The highest BCUT2D eigenvalue weighted by atomic mass is 16.2. The molecule has 1 aromatic rings. The van der Waals surface area contributed by atoms with Crippen LogP contribution in [0.25, 0.3) is 0 Å². The van der Waals surface area contributed by atoms with Gasteiger partial charge in [0.15, 0.2) is 0 Å². The van der Waals surface area contributed by atoms with Gasteiger partial charge >= 0.3 is 0 Å². The molecule has 0 aliphatic carbocycles. The van der Waals surface area contributed by atoms with Gasteiger partial charge in [0.25, 0.3) is 5.56 Å². The van der Waals surface area contributed by atoms with Crippen LogP contribution in [0, 0.1) is 0 Å². The quantitative estimate of drug-likeness (QED) is 0.644. The molecule has 3 N–H and O–H groups in total. The number of anilines is 1. The van der Waals surface area contributed by atoms with E-state index in [1.165, 1.54) is 6.21 Å². The number of nitrogens with zero attached hydrogens (tertiary/aromatic N) is 4. The van der Waals surface area contributed by atoms with Crippen LogP contribution in [-0.4, -0.2) is 34.7 Å². The molecule has 0 saturated heterocycles. The minimum atomic E-state index is -0.449. The summed E-state index contributed by atoms with van der Waals surface area (Å²) in [6.45, 7) is 7.84. The Morgan fingerprint density at radius 1 is 1.33 bits per heavy atom. The first-order valence-corrected chi connectivity index (χ1v) is 9.02. The Balaban J connectivity index is 3.13. The van der Waals surface area contributed by atoms with E-state index in [0.717, 1.165) is 4.68 Å². The number of aryl methyl sites for hydroxylation is 1. The van der Waals surface area contributed by atoms with Crippen LogP contribution >= 0.6 is 0 Å². The molecular weight excluding hydrogens is 344 g/mol. The maximum Gasteiger partial charge on any atom is 0.278 e. The van der Waals surface area contributed by atoms with Gasteiger partial charge in [-0.25, -0.2) is 9.67 Å². The molecule has 8 nitrogen and oxygen atoms in total. The zero-order chi connectivity index (χ0) is 20.2. The van der Waals surface area contributed by atoms with Crippen LogP contribution in [0.4, 0.5) is 5.69 Å². The van der Waals surface area contributed by atoms with Crippen molar-refractivity contribution in [2.24, 2.45) is 9.98 Å². The Morgan fingerprint density at radius 3 is 2.67 bits per heavy atom. The molecule has 0 aliphatic heterocycles. The molecule has 27 heavy (non-hydrogen) atoms. The molecule has 0 saturated carbocycles. The van der Waals surface area contributed by atoms with Crippen molar-refractivity contribution in [2.75, 3.05) is 12.3 Å². The lowest BCUT2D eigenvalue weighted by atomic mass is 10.2. The number of carbonyl (C=O) groups is 1. The van der Waals surface area contributed by atoms with Crippen LogP contribution in [0.15, 0.2) is 38.8 Å². The first kappa shape index (κ1) is 22.0. The summed E-state index contributed by atoms with van der Waals surface area (Å²) in [7, 11) is 0. The second-order valence-corrected chi connectivity index (χ2v) is 5.57. The Labute approximate surface area is 159 Å². The molecule has 1 amide bonds. The van der Waals surface area contributed by atoms with Gasteiger partial charge in [-0.15, -0.1) is 0 Å². The summed E-state index contributed by atoms with van der Waals surface area (Å²) < 4.78 is 1.11. The molecule has 0 radical (unpaired) electrons. The molecule has 8 heteroatoms. The van der Waals surface area contributed by atoms with Crippen molar-refractivity contribution in [1.82, 2.24) is 15.1 Å². The van der Waals surface area contributed by atoms with Gasteiger partial charge in [-0.05, 0) is 38.8 Å². The van der Waals surface area contributed by atoms with E-state index in [1.807, 2.05) is 33.8 Å². The summed E-state index contributed by atoms with van der Waals surface area (Å²) in [4.78, 5) is 33.3. The fraction of sp³-hybridized carbons (Fsp3) is 0.421. The molecule has 1 heterocycles. The molecule has 0 fully saturated rings. The third-order valence-corrected chi connectivity index (χ3v) is 3.50. The maximum atomic E-state index is 12.6. The number of aromatic nitrogens is 2. The van der Waals surface area contributed by atoms with Crippen LogP contribution < -0.4 is 16.6 Å². The normalized spacial score (nSPS) is 12.5. The second kappa shape index (κ2) is 11.6. The third kappa shape index (κ3) is 6.65. The first-order chi connectivity index (χ1) is 13.0. The van der Waals surface area contributed by atoms with Crippen molar-refractivity contribution >= 4 is 24.0 Å². The van der Waals surface area contributed by atoms with Gasteiger partial charge in [0.2, 0.25) is 5.91 Å². The van der Waals surface area contributed by atoms with Crippen LogP contribution in [0.3, 0.4) is 0 Å². The molecular formula is C19H28N6O2. The first-order valence-electron chi connectivity index (χ1n) is 9.02. The van der Waals surface area contributed by atoms with E-state index >= 15 is 0 Å². The Kier molecular flexibility index (Phi) is 9.42. The zero-order valence-corrected chi connectivity index (χ0v) is 16.4. The smallest absolute Gasteiger partial charge is 0.278 e. The molecule has 146 valence electrons. The largest absolute Gasteiger partial charge is 0.397 e. The van der Waals surface area contributed by atoms with E-state index in [-0.39, 0.29) is 12.1 Å². The van der Waals surface area contributed by atoms with E-state index in [4.69, 9.17) is 5.73 Å². The lowest BCUT2D eigenvalue weighted by molar-refractivity contribution is -0.121. The number of hydrogen-bond acceptors (Lipinski definition) is 6. The van der Waals surface area contributed by atoms with Gasteiger partial charge in [-0.3, -0.25) is 14.6 Å². The van der Waals surface area contributed by atoms with Crippen molar-refractivity contribution in [1.29, 1.82) is 0 Å². The minimum Gasteiger partial charge on any atom is -0.397 e. The SMILES string of the molecule is C\C=C/C=N/C(=C/CC)NC(=O)Cn1nc(CC)c(N)c(C=NCC)c1=O. The summed E-state index contributed by atoms with van der Waals surface area (Å²) in [5, 5.41) is 6.91. The fourth-order valence-corrected chi connectivity index (χ4v) is 2.19. The van der Waals surface area contributed by atoms with Crippen molar-refractivity contribution < 1.29 is 4.79 Å². The number of amides is 1. The van der Waals surface area contributed by atoms with E-state index in [2.05, 4.69) is 20.4 Å². The highest BCUT2D eigenvalue weighted by molar-refractivity contribution is 5.87. The van der Waals surface area contributed by atoms with Gasteiger partial charge in [0.05, 0.1) is 16.9 Å². The zero-order valence-electron chi connectivity index (χ0n) is 16.4. The monoisotopic (exact) mass is 372 g/mol. The molecule has 0 aliphatic rings. The number of rotatable bonds is 9. The summed E-state index contributed by atoms with van der Waals surface area (Å²) in [6.07, 6.45) is 9.65. The molecule has 0 bridgehead atoms. The number of nitrogens with two attached hydrogens (primary N) is 1. The molecule has 1 aromatic heterocycles. The van der Waals surface area contributed by atoms with E-state index in [9.17, 15) is 9.59 Å². The number of nitrogen functional groups attached to an aromatic ring is 1. The fourth-order valence-electron chi connectivity index (χ4n) is 2.19. The summed E-state index contributed by atoms with van der Waals surface area (Å²) in [5.74, 6) is 0.0275. The number of nitrogens with one attached hydrogen (secondary N) is 1. The maximum absolute atomic E-state index is 12.6.